The van der Waals surface area contributed by atoms with Crippen LogP contribution in [0.25, 0.3) is 0 Å². The normalized spacial score (nSPS) is 18.5. The Bertz CT molecular complexity index is 491. The summed E-state index contributed by atoms with van der Waals surface area (Å²) in [5, 5.41) is 5.85. The highest BCUT2D eigenvalue weighted by Crippen LogP contribution is 2.29. The molecule has 1 heterocycles. The number of hydrogen-bond acceptors (Lipinski definition) is 4. The lowest BCUT2D eigenvalue weighted by molar-refractivity contribution is -0.119. The SMILES string of the molecule is CC(C)Oc1cc(NC2CNC(=O)C2)c(N)cc1F. The zero-order valence-corrected chi connectivity index (χ0v) is 11.0. The van der Waals surface area contributed by atoms with Gasteiger partial charge in [-0.3, -0.25) is 4.79 Å². The Balaban J connectivity index is 2.17. The minimum Gasteiger partial charge on any atom is -0.488 e. The average molecular weight is 267 g/mol. The van der Waals surface area contributed by atoms with Gasteiger partial charge in [-0.2, -0.15) is 0 Å². The number of carbonyl (C=O) groups is 1. The summed E-state index contributed by atoms with van der Waals surface area (Å²) < 4.78 is 19.0. The van der Waals surface area contributed by atoms with E-state index >= 15 is 0 Å². The molecule has 0 spiro atoms. The predicted molar refractivity (Wildman–Crippen MR) is 71.6 cm³/mol. The lowest BCUT2D eigenvalue weighted by atomic mass is 10.2. The first-order chi connectivity index (χ1) is 8.95. The summed E-state index contributed by atoms with van der Waals surface area (Å²) in [7, 11) is 0. The molecule has 1 saturated heterocycles. The number of amides is 1. The molecule has 1 amide bonds. The highest BCUT2D eigenvalue weighted by atomic mass is 19.1. The fourth-order valence-electron chi connectivity index (χ4n) is 1.97. The van der Waals surface area contributed by atoms with Crippen molar-refractivity contribution in [3.05, 3.63) is 17.9 Å². The van der Waals surface area contributed by atoms with Gasteiger partial charge in [0.25, 0.3) is 0 Å². The van der Waals surface area contributed by atoms with Crippen LogP contribution in [0.2, 0.25) is 0 Å². The number of benzene rings is 1. The quantitative estimate of drug-likeness (QED) is 0.722. The summed E-state index contributed by atoms with van der Waals surface area (Å²) in [6, 6.07) is 2.73. The standard InChI is InChI=1S/C13H18FN3O2/c1-7(2)19-12-5-11(10(15)4-9(12)14)17-8-3-13(18)16-6-8/h4-5,7-8,17H,3,6,15H2,1-2H3,(H,16,18). The van der Waals surface area contributed by atoms with E-state index in [0.29, 0.717) is 24.3 Å². The smallest absolute Gasteiger partial charge is 0.222 e. The van der Waals surface area contributed by atoms with Crippen molar-refractivity contribution in [3.63, 3.8) is 0 Å². The highest BCUT2D eigenvalue weighted by molar-refractivity contribution is 5.80. The first kappa shape index (κ1) is 13.5. The molecule has 1 aliphatic rings. The second-order valence-electron chi connectivity index (χ2n) is 4.89. The molecule has 1 aliphatic heterocycles. The van der Waals surface area contributed by atoms with E-state index in [-0.39, 0.29) is 23.8 Å². The number of nitrogens with two attached hydrogens (primary N) is 1. The van der Waals surface area contributed by atoms with Crippen LogP contribution < -0.4 is 21.1 Å². The molecule has 6 heteroatoms. The van der Waals surface area contributed by atoms with E-state index in [9.17, 15) is 9.18 Å². The van der Waals surface area contributed by atoms with E-state index in [1.165, 1.54) is 12.1 Å². The second kappa shape index (κ2) is 5.34. The summed E-state index contributed by atoms with van der Waals surface area (Å²) in [6.45, 7) is 4.18. The Labute approximate surface area is 111 Å². The van der Waals surface area contributed by atoms with Crippen molar-refractivity contribution in [1.82, 2.24) is 5.32 Å². The van der Waals surface area contributed by atoms with Crippen molar-refractivity contribution in [2.45, 2.75) is 32.4 Å². The molecule has 1 unspecified atom stereocenters. The first-order valence-electron chi connectivity index (χ1n) is 6.24. The predicted octanol–water partition coefficient (Wildman–Crippen LogP) is 1.50. The summed E-state index contributed by atoms with van der Waals surface area (Å²) in [5.41, 5.74) is 6.65. The molecular formula is C13H18FN3O2. The fourth-order valence-corrected chi connectivity index (χ4v) is 1.97. The molecule has 0 bridgehead atoms. The van der Waals surface area contributed by atoms with E-state index in [1.807, 2.05) is 13.8 Å². The average Bonchev–Trinajstić information content (AvgIpc) is 2.70. The molecule has 5 nitrogen and oxygen atoms in total. The van der Waals surface area contributed by atoms with E-state index in [1.54, 1.807) is 0 Å². The number of ether oxygens (including phenoxy) is 1. The summed E-state index contributed by atoms with van der Waals surface area (Å²) in [6.07, 6.45) is 0.262. The Hall–Kier alpha value is -1.98. The monoisotopic (exact) mass is 267 g/mol. The number of carbonyl (C=O) groups excluding carboxylic acids is 1. The summed E-state index contributed by atoms with van der Waals surface area (Å²) in [5.74, 6) is -0.335. The van der Waals surface area contributed by atoms with E-state index in [2.05, 4.69) is 10.6 Å². The van der Waals surface area contributed by atoms with Crippen LogP contribution in [0.3, 0.4) is 0 Å². The minimum absolute atomic E-state index is 0.00293. The second-order valence-corrected chi connectivity index (χ2v) is 4.89. The molecule has 1 aromatic rings. The van der Waals surface area contributed by atoms with Crippen LogP contribution in [-0.4, -0.2) is 24.6 Å². The molecule has 0 saturated carbocycles. The van der Waals surface area contributed by atoms with Crippen molar-refractivity contribution in [1.29, 1.82) is 0 Å². The molecule has 2 rings (SSSR count). The van der Waals surface area contributed by atoms with E-state index in [0.717, 1.165) is 0 Å². The third-order valence-corrected chi connectivity index (χ3v) is 2.80. The Morgan fingerprint density at radius 3 is 2.84 bits per heavy atom. The van der Waals surface area contributed by atoms with Gasteiger partial charge in [-0.15, -0.1) is 0 Å². The lowest BCUT2D eigenvalue weighted by Crippen LogP contribution is -2.23. The Morgan fingerprint density at radius 1 is 1.53 bits per heavy atom. The van der Waals surface area contributed by atoms with Gasteiger partial charge in [-0.1, -0.05) is 0 Å². The lowest BCUT2D eigenvalue weighted by Gasteiger charge is -2.17. The van der Waals surface area contributed by atoms with E-state index < -0.39 is 5.82 Å². The molecular weight excluding hydrogens is 249 g/mol. The van der Waals surface area contributed by atoms with Gasteiger partial charge in [0.1, 0.15) is 0 Å². The number of nitrogens with one attached hydrogen (secondary N) is 2. The number of anilines is 2. The molecule has 0 radical (unpaired) electrons. The highest BCUT2D eigenvalue weighted by Gasteiger charge is 2.22. The molecule has 104 valence electrons. The number of rotatable bonds is 4. The van der Waals surface area contributed by atoms with Crippen LogP contribution in [0.1, 0.15) is 20.3 Å². The minimum atomic E-state index is -0.489. The maximum atomic E-state index is 13.7. The van der Waals surface area contributed by atoms with Gasteiger partial charge in [0.05, 0.1) is 23.5 Å². The van der Waals surface area contributed by atoms with Gasteiger partial charge in [0.15, 0.2) is 11.6 Å². The fraction of sp³-hybridized carbons (Fsp3) is 0.462. The largest absolute Gasteiger partial charge is 0.488 e. The van der Waals surface area contributed by atoms with Crippen molar-refractivity contribution < 1.29 is 13.9 Å². The third-order valence-electron chi connectivity index (χ3n) is 2.80. The maximum absolute atomic E-state index is 13.7. The maximum Gasteiger partial charge on any atom is 0.222 e. The Morgan fingerprint density at radius 2 is 2.26 bits per heavy atom. The number of nitrogen functional groups attached to an aromatic ring is 1. The van der Waals surface area contributed by atoms with Gasteiger partial charge in [0.2, 0.25) is 5.91 Å². The van der Waals surface area contributed by atoms with Gasteiger partial charge in [-0.25, -0.2) is 4.39 Å². The van der Waals surface area contributed by atoms with Crippen LogP contribution in [0, 0.1) is 5.82 Å². The molecule has 4 N–H and O–H groups in total. The van der Waals surface area contributed by atoms with Crippen LogP contribution in [0.15, 0.2) is 12.1 Å². The molecule has 0 aromatic heterocycles. The van der Waals surface area contributed by atoms with Crippen LogP contribution in [0.5, 0.6) is 5.75 Å². The van der Waals surface area contributed by atoms with E-state index in [4.69, 9.17) is 10.5 Å². The molecule has 0 aliphatic carbocycles. The van der Waals surface area contributed by atoms with Crippen LogP contribution in [0.4, 0.5) is 15.8 Å². The van der Waals surface area contributed by atoms with Gasteiger partial charge in [-0.05, 0) is 13.8 Å². The van der Waals surface area contributed by atoms with Crippen LogP contribution in [-0.2, 0) is 4.79 Å². The van der Waals surface area contributed by atoms with Gasteiger partial charge < -0.3 is 21.1 Å². The van der Waals surface area contributed by atoms with Crippen LogP contribution >= 0.6 is 0 Å². The zero-order valence-electron chi connectivity index (χ0n) is 11.0. The number of halogens is 1. The molecule has 1 fully saturated rings. The van der Waals surface area contributed by atoms with Crippen molar-refractivity contribution in [2.24, 2.45) is 0 Å². The zero-order chi connectivity index (χ0) is 14.0. The third kappa shape index (κ3) is 3.27. The first-order valence-corrected chi connectivity index (χ1v) is 6.24. The molecule has 1 atom stereocenters. The van der Waals surface area contributed by atoms with Crippen molar-refractivity contribution in [2.75, 3.05) is 17.6 Å². The molecule has 19 heavy (non-hydrogen) atoms. The van der Waals surface area contributed by atoms with Crippen molar-refractivity contribution in [3.8, 4) is 5.75 Å². The topological polar surface area (TPSA) is 76.4 Å². The number of hydrogen-bond donors (Lipinski definition) is 3. The summed E-state index contributed by atoms with van der Waals surface area (Å²) >= 11 is 0. The Kier molecular flexibility index (Phi) is 3.78. The van der Waals surface area contributed by atoms with Crippen molar-refractivity contribution >= 4 is 17.3 Å². The van der Waals surface area contributed by atoms with Gasteiger partial charge >= 0.3 is 0 Å². The molecule has 1 aromatic carbocycles. The van der Waals surface area contributed by atoms with Gasteiger partial charge in [0, 0.05) is 25.1 Å². The summed E-state index contributed by atoms with van der Waals surface area (Å²) in [4.78, 5) is 11.1.